The van der Waals surface area contributed by atoms with Gasteiger partial charge in [0.2, 0.25) is 0 Å². The number of ether oxygens (including phenoxy) is 1. The normalized spacial score (nSPS) is 11.0. The van der Waals surface area contributed by atoms with E-state index < -0.39 is 9.84 Å². The topological polar surface area (TPSA) is 75.7 Å². The summed E-state index contributed by atoms with van der Waals surface area (Å²) in [4.78, 5) is 13.9. The Hall–Kier alpha value is -2.54. The molecule has 146 valence electrons. The summed E-state index contributed by atoms with van der Waals surface area (Å²) in [5.41, 5.74) is 1.16. The number of hydrogen-bond donors (Lipinski definition) is 1. The summed E-state index contributed by atoms with van der Waals surface area (Å²) >= 11 is 0. The van der Waals surface area contributed by atoms with Gasteiger partial charge in [0.1, 0.15) is 12.4 Å². The van der Waals surface area contributed by atoms with Crippen molar-refractivity contribution in [3.8, 4) is 5.75 Å². The monoisotopic (exact) mass is 390 g/mol. The van der Waals surface area contributed by atoms with Crippen molar-refractivity contribution in [2.45, 2.75) is 18.2 Å². The number of benzene rings is 2. The van der Waals surface area contributed by atoms with Crippen molar-refractivity contribution in [2.75, 3.05) is 32.5 Å². The van der Waals surface area contributed by atoms with Gasteiger partial charge in [0.15, 0.2) is 9.84 Å². The van der Waals surface area contributed by atoms with Gasteiger partial charge in [-0.1, -0.05) is 35.9 Å². The van der Waals surface area contributed by atoms with Crippen molar-refractivity contribution in [3.05, 3.63) is 60.2 Å². The van der Waals surface area contributed by atoms with Gasteiger partial charge in [0.25, 0.3) is 0 Å². The molecule has 0 aromatic heterocycles. The second-order valence-electron chi connectivity index (χ2n) is 6.30. The molecule has 27 heavy (non-hydrogen) atoms. The molecular weight excluding hydrogens is 364 g/mol. The van der Waals surface area contributed by atoms with E-state index in [1.807, 2.05) is 31.2 Å². The van der Waals surface area contributed by atoms with Crippen LogP contribution in [0.25, 0.3) is 0 Å². The molecule has 0 saturated carbocycles. The van der Waals surface area contributed by atoms with Crippen LogP contribution < -0.4 is 10.1 Å². The zero-order valence-corrected chi connectivity index (χ0v) is 16.5. The van der Waals surface area contributed by atoms with Crippen molar-refractivity contribution >= 4 is 15.9 Å². The zero-order chi connectivity index (χ0) is 19.7. The van der Waals surface area contributed by atoms with E-state index in [9.17, 15) is 13.2 Å². The smallest absolute Gasteiger partial charge is 0.317 e. The fraction of sp³-hybridized carbons (Fsp3) is 0.350. The third-order valence-electron chi connectivity index (χ3n) is 4.03. The van der Waals surface area contributed by atoms with Crippen LogP contribution in [-0.4, -0.2) is 51.8 Å². The van der Waals surface area contributed by atoms with Gasteiger partial charge >= 0.3 is 6.03 Å². The van der Waals surface area contributed by atoms with Crippen LogP contribution >= 0.6 is 0 Å². The minimum Gasteiger partial charge on any atom is -0.492 e. The molecule has 0 saturated heterocycles. The summed E-state index contributed by atoms with van der Waals surface area (Å²) in [7, 11) is -1.64. The average molecular weight is 391 g/mol. The van der Waals surface area contributed by atoms with E-state index in [2.05, 4.69) is 5.32 Å². The average Bonchev–Trinajstić information content (AvgIpc) is 2.67. The Morgan fingerprint density at radius 2 is 1.74 bits per heavy atom. The maximum Gasteiger partial charge on any atom is 0.317 e. The molecule has 2 amide bonds. The van der Waals surface area contributed by atoms with Gasteiger partial charge in [-0.2, -0.15) is 0 Å². The van der Waals surface area contributed by atoms with Gasteiger partial charge in [-0.25, -0.2) is 13.2 Å². The first-order valence-corrected chi connectivity index (χ1v) is 10.5. The molecule has 2 aromatic rings. The summed E-state index contributed by atoms with van der Waals surface area (Å²) in [6.07, 6.45) is 0.358. The fourth-order valence-electron chi connectivity index (χ4n) is 2.37. The van der Waals surface area contributed by atoms with Crippen LogP contribution in [0, 0.1) is 6.92 Å². The van der Waals surface area contributed by atoms with Crippen LogP contribution in [0.5, 0.6) is 5.75 Å². The third-order valence-corrected chi connectivity index (χ3v) is 5.85. The van der Waals surface area contributed by atoms with E-state index in [1.165, 1.54) is 4.90 Å². The predicted molar refractivity (Wildman–Crippen MR) is 106 cm³/mol. The molecule has 2 aromatic carbocycles. The SMILES string of the molecule is Cc1ccc(OCCN(C)C(=O)NCCCS(=O)(=O)c2ccccc2)cc1. The number of nitrogens with zero attached hydrogens (tertiary/aromatic N) is 1. The zero-order valence-electron chi connectivity index (χ0n) is 15.7. The van der Waals surface area contributed by atoms with Crippen LogP contribution in [0.3, 0.4) is 0 Å². The lowest BCUT2D eigenvalue weighted by Crippen LogP contribution is -2.40. The highest BCUT2D eigenvalue weighted by Gasteiger charge is 2.14. The molecule has 0 spiro atoms. The summed E-state index contributed by atoms with van der Waals surface area (Å²) in [5.74, 6) is 0.762. The first-order valence-electron chi connectivity index (χ1n) is 8.85. The Morgan fingerprint density at radius 1 is 1.07 bits per heavy atom. The minimum atomic E-state index is -3.31. The lowest BCUT2D eigenvalue weighted by Gasteiger charge is -2.18. The van der Waals surface area contributed by atoms with Gasteiger partial charge in [-0.15, -0.1) is 0 Å². The molecule has 0 aliphatic carbocycles. The van der Waals surface area contributed by atoms with Gasteiger partial charge in [-0.05, 0) is 37.6 Å². The highest BCUT2D eigenvalue weighted by atomic mass is 32.2. The molecular formula is C20H26N2O4S. The van der Waals surface area contributed by atoms with E-state index in [0.717, 1.165) is 11.3 Å². The molecule has 1 N–H and O–H groups in total. The molecule has 0 bridgehead atoms. The summed E-state index contributed by atoms with van der Waals surface area (Å²) < 4.78 is 29.9. The number of amides is 2. The Kier molecular flexibility index (Phi) is 7.67. The fourth-order valence-corrected chi connectivity index (χ4v) is 3.71. The summed E-state index contributed by atoms with van der Waals surface area (Å²) in [6.45, 7) is 3.12. The van der Waals surface area contributed by atoms with Gasteiger partial charge in [0, 0.05) is 13.6 Å². The number of sulfone groups is 1. The van der Waals surface area contributed by atoms with Crippen molar-refractivity contribution in [3.63, 3.8) is 0 Å². The number of rotatable bonds is 9. The second-order valence-corrected chi connectivity index (χ2v) is 8.41. The molecule has 2 rings (SSSR count). The van der Waals surface area contributed by atoms with E-state index in [1.54, 1.807) is 37.4 Å². The van der Waals surface area contributed by atoms with Crippen LogP contribution in [0.4, 0.5) is 4.79 Å². The van der Waals surface area contributed by atoms with E-state index in [0.29, 0.717) is 31.0 Å². The lowest BCUT2D eigenvalue weighted by atomic mass is 10.2. The Morgan fingerprint density at radius 3 is 2.41 bits per heavy atom. The van der Waals surface area contributed by atoms with E-state index in [4.69, 9.17) is 4.74 Å². The standard InChI is InChI=1S/C20H26N2O4S/c1-17-9-11-18(12-10-17)26-15-14-22(2)20(23)21-13-6-16-27(24,25)19-7-4-3-5-8-19/h3-5,7-12H,6,13-16H2,1-2H3,(H,21,23). The number of likely N-dealkylation sites (N-methyl/N-ethyl adjacent to an activating group) is 1. The Labute approximate surface area is 161 Å². The summed E-state index contributed by atoms with van der Waals surface area (Å²) in [6, 6.07) is 15.8. The molecule has 0 fully saturated rings. The quantitative estimate of drug-likeness (QED) is 0.668. The number of urea groups is 1. The molecule has 6 nitrogen and oxygen atoms in total. The van der Waals surface area contributed by atoms with Crippen LogP contribution in [0.2, 0.25) is 0 Å². The number of carbonyl (C=O) groups is 1. The van der Waals surface area contributed by atoms with Crippen molar-refractivity contribution < 1.29 is 17.9 Å². The molecule has 0 aliphatic heterocycles. The third kappa shape index (κ3) is 6.94. The van der Waals surface area contributed by atoms with E-state index >= 15 is 0 Å². The number of hydrogen-bond acceptors (Lipinski definition) is 4. The second kappa shape index (κ2) is 9.97. The maximum absolute atomic E-state index is 12.2. The molecule has 7 heteroatoms. The summed E-state index contributed by atoms with van der Waals surface area (Å²) in [5, 5.41) is 2.73. The number of aryl methyl sites for hydroxylation is 1. The van der Waals surface area contributed by atoms with Gasteiger partial charge in [-0.3, -0.25) is 0 Å². The number of nitrogens with one attached hydrogen (secondary N) is 1. The highest BCUT2D eigenvalue weighted by molar-refractivity contribution is 7.91. The van der Waals surface area contributed by atoms with Gasteiger partial charge < -0.3 is 15.0 Å². The van der Waals surface area contributed by atoms with Crippen LogP contribution in [0.1, 0.15) is 12.0 Å². The Balaban J connectivity index is 1.65. The molecule has 0 heterocycles. The van der Waals surface area contributed by atoms with Crippen LogP contribution in [-0.2, 0) is 9.84 Å². The Bertz CT molecular complexity index is 821. The van der Waals surface area contributed by atoms with Crippen LogP contribution in [0.15, 0.2) is 59.5 Å². The molecule has 0 unspecified atom stereocenters. The first kappa shape index (κ1) is 20.8. The van der Waals surface area contributed by atoms with E-state index in [-0.39, 0.29) is 11.8 Å². The van der Waals surface area contributed by atoms with Crippen molar-refractivity contribution in [1.29, 1.82) is 0 Å². The predicted octanol–water partition coefficient (Wildman–Crippen LogP) is 2.88. The first-order chi connectivity index (χ1) is 12.9. The maximum atomic E-state index is 12.2. The largest absolute Gasteiger partial charge is 0.492 e. The lowest BCUT2D eigenvalue weighted by molar-refractivity contribution is 0.195. The molecule has 0 aliphatic rings. The minimum absolute atomic E-state index is 0.00244. The van der Waals surface area contributed by atoms with Gasteiger partial charge in [0.05, 0.1) is 17.2 Å². The van der Waals surface area contributed by atoms with Crippen molar-refractivity contribution in [1.82, 2.24) is 10.2 Å². The molecule has 0 atom stereocenters. The van der Waals surface area contributed by atoms with Crippen molar-refractivity contribution in [2.24, 2.45) is 0 Å². The number of carbonyl (C=O) groups excluding carboxylic acids is 1. The molecule has 0 radical (unpaired) electrons. The highest BCUT2D eigenvalue weighted by Crippen LogP contribution is 2.11.